The summed E-state index contributed by atoms with van der Waals surface area (Å²) in [5.41, 5.74) is 4.89. The molecule has 2 aliphatic rings. The predicted molar refractivity (Wildman–Crippen MR) is 116 cm³/mol. The molecule has 7 heteroatoms. The highest BCUT2D eigenvalue weighted by Crippen LogP contribution is 2.36. The lowest BCUT2D eigenvalue weighted by Crippen LogP contribution is -2.16. The number of hydrogen-bond donors (Lipinski definition) is 1. The maximum atomic E-state index is 12.3. The van der Waals surface area contributed by atoms with Gasteiger partial charge in [0.15, 0.2) is 0 Å². The molecule has 1 aromatic heterocycles. The first-order chi connectivity index (χ1) is 14.4. The molecule has 1 heterocycles. The van der Waals surface area contributed by atoms with Crippen molar-refractivity contribution in [2.45, 2.75) is 39.0 Å². The van der Waals surface area contributed by atoms with Crippen LogP contribution in [0.2, 0.25) is 0 Å². The lowest BCUT2D eigenvalue weighted by molar-refractivity contribution is -0.119. The van der Waals surface area contributed by atoms with E-state index in [1.165, 1.54) is 0 Å². The van der Waals surface area contributed by atoms with Crippen LogP contribution in [0, 0.1) is 17.2 Å². The van der Waals surface area contributed by atoms with E-state index in [-0.39, 0.29) is 17.5 Å². The molecule has 6 nitrogen and oxygen atoms in total. The fraction of sp³-hybridized carbons (Fsp3) is 0.348. The molecule has 0 spiro atoms. The van der Waals surface area contributed by atoms with Crippen LogP contribution in [0.3, 0.4) is 0 Å². The van der Waals surface area contributed by atoms with Gasteiger partial charge in [0.2, 0.25) is 10.0 Å². The van der Waals surface area contributed by atoms with Crippen molar-refractivity contribution in [1.29, 1.82) is 5.26 Å². The number of nitriles is 1. The van der Waals surface area contributed by atoms with Gasteiger partial charge in [0, 0.05) is 41.3 Å². The Morgan fingerprint density at radius 3 is 2.77 bits per heavy atom. The first-order valence-corrected chi connectivity index (χ1v) is 11.8. The highest BCUT2D eigenvalue weighted by Gasteiger charge is 2.30. The molecule has 0 saturated heterocycles. The number of carbonyl (C=O) groups is 1. The number of nitrogens with zero attached hydrogens (tertiary/aromatic N) is 2. The number of aromatic nitrogens is 1. The van der Waals surface area contributed by atoms with Gasteiger partial charge in [-0.15, -0.1) is 0 Å². The Kier molecular flexibility index (Phi) is 5.44. The minimum atomic E-state index is -3.44. The van der Waals surface area contributed by atoms with Gasteiger partial charge in [-0.1, -0.05) is 25.1 Å². The van der Waals surface area contributed by atoms with Gasteiger partial charge in [-0.25, -0.2) is 8.42 Å². The fourth-order valence-electron chi connectivity index (χ4n) is 3.77. The maximum absolute atomic E-state index is 12.3. The van der Waals surface area contributed by atoms with Crippen molar-refractivity contribution in [3.05, 3.63) is 52.9 Å². The highest BCUT2D eigenvalue weighted by atomic mass is 32.2. The summed E-state index contributed by atoms with van der Waals surface area (Å²) >= 11 is 0. The SMILES string of the molecule is CCCS(=O)(=O)Nc1ccc(-c2cc(CC(=O)C3CC3)nc3c2C=CC3)c(C#N)c1. The molecule has 1 N–H and O–H groups in total. The molecule has 0 aliphatic heterocycles. The summed E-state index contributed by atoms with van der Waals surface area (Å²) in [6.07, 6.45) is 7.46. The zero-order chi connectivity index (χ0) is 21.3. The summed E-state index contributed by atoms with van der Waals surface area (Å²) in [5.74, 6) is 0.421. The number of hydrogen-bond acceptors (Lipinski definition) is 5. The molecule has 0 bridgehead atoms. The number of pyridine rings is 1. The van der Waals surface area contributed by atoms with E-state index in [4.69, 9.17) is 0 Å². The average Bonchev–Trinajstić information content (AvgIpc) is 3.45. The van der Waals surface area contributed by atoms with Crippen molar-refractivity contribution < 1.29 is 13.2 Å². The predicted octanol–water partition coefficient (Wildman–Crippen LogP) is 3.86. The summed E-state index contributed by atoms with van der Waals surface area (Å²) in [4.78, 5) is 17.0. The van der Waals surface area contributed by atoms with Crippen molar-refractivity contribution in [2.75, 3.05) is 10.5 Å². The minimum absolute atomic E-state index is 0.0255. The molecule has 1 fully saturated rings. The number of allylic oxidation sites excluding steroid dienone is 1. The number of fused-ring (bicyclic) bond motifs is 1. The van der Waals surface area contributed by atoms with E-state index in [0.717, 1.165) is 35.4 Å². The Hall–Kier alpha value is -2.98. The van der Waals surface area contributed by atoms with Crippen molar-refractivity contribution in [3.8, 4) is 17.2 Å². The molecule has 0 radical (unpaired) electrons. The van der Waals surface area contributed by atoms with Crippen LogP contribution in [0.5, 0.6) is 0 Å². The van der Waals surface area contributed by atoms with Crippen LogP contribution in [-0.4, -0.2) is 24.9 Å². The molecule has 4 rings (SSSR count). The van der Waals surface area contributed by atoms with Crippen LogP contribution < -0.4 is 4.72 Å². The molecule has 0 amide bonds. The number of nitrogens with one attached hydrogen (secondary N) is 1. The Balaban J connectivity index is 1.72. The van der Waals surface area contributed by atoms with E-state index in [9.17, 15) is 18.5 Å². The standard InChI is InChI=1S/C23H23N3O3S/c1-2-10-30(28,29)26-17-8-9-19(16(11-17)14-24)21-12-18(13-23(27)15-6-7-15)25-22-5-3-4-20(21)22/h3-4,8-9,11-12,15,26H,2,5-7,10,13H2,1H3. The smallest absolute Gasteiger partial charge is 0.232 e. The van der Waals surface area contributed by atoms with Crippen LogP contribution in [0.4, 0.5) is 5.69 Å². The number of rotatable bonds is 8. The quantitative estimate of drug-likeness (QED) is 0.697. The largest absolute Gasteiger partial charge is 0.299 e. The Morgan fingerprint density at radius 2 is 2.07 bits per heavy atom. The molecule has 154 valence electrons. The third kappa shape index (κ3) is 4.29. The van der Waals surface area contributed by atoms with Crippen LogP contribution >= 0.6 is 0 Å². The second kappa shape index (κ2) is 8.04. The summed E-state index contributed by atoms with van der Waals surface area (Å²) in [6.45, 7) is 1.80. The van der Waals surface area contributed by atoms with Crippen molar-refractivity contribution >= 4 is 27.6 Å². The highest BCUT2D eigenvalue weighted by molar-refractivity contribution is 7.92. The zero-order valence-electron chi connectivity index (χ0n) is 16.8. The van der Waals surface area contributed by atoms with Gasteiger partial charge in [-0.05, 0) is 43.0 Å². The number of carbonyl (C=O) groups excluding carboxylic acids is 1. The van der Waals surface area contributed by atoms with Gasteiger partial charge in [-0.2, -0.15) is 5.26 Å². The third-order valence-electron chi connectivity index (χ3n) is 5.35. The van der Waals surface area contributed by atoms with E-state index < -0.39 is 10.0 Å². The lowest BCUT2D eigenvalue weighted by Gasteiger charge is -2.14. The van der Waals surface area contributed by atoms with Gasteiger partial charge in [-0.3, -0.25) is 14.5 Å². The first kappa shape index (κ1) is 20.3. The van der Waals surface area contributed by atoms with Crippen LogP contribution in [-0.2, 0) is 27.7 Å². The molecule has 1 aromatic carbocycles. The molecular weight excluding hydrogens is 398 g/mol. The van der Waals surface area contributed by atoms with Gasteiger partial charge < -0.3 is 0 Å². The monoisotopic (exact) mass is 421 g/mol. The molecule has 1 saturated carbocycles. The van der Waals surface area contributed by atoms with Crippen molar-refractivity contribution in [3.63, 3.8) is 0 Å². The van der Waals surface area contributed by atoms with E-state index in [1.54, 1.807) is 25.1 Å². The van der Waals surface area contributed by atoms with E-state index >= 15 is 0 Å². The average molecular weight is 422 g/mol. The zero-order valence-corrected chi connectivity index (χ0v) is 17.6. The van der Waals surface area contributed by atoms with Gasteiger partial charge in [0.05, 0.1) is 23.1 Å². The van der Waals surface area contributed by atoms with Crippen molar-refractivity contribution in [1.82, 2.24) is 4.98 Å². The van der Waals surface area contributed by atoms with Crippen LogP contribution in [0.15, 0.2) is 30.3 Å². The number of ketones is 1. The third-order valence-corrected chi connectivity index (χ3v) is 6.84. The number of benzene rings is 1. The second-order valence-electron chi connectivity index (χ2n) is 7.84. The maximum Gasteiger partial charge on any atom is 0.232 e. The Morgan fingerprint density at radius 1 is 1.27 bits per heavy atom. The van der Waals surface area contributed by atoms with E-state index in [1.807, 2.05) is 18.2 Å². The molecule has 2 aliphatic carbocycles. The lowest BCUT2D eigenvalue weighted by atomic mass is 9.94. The fourth-order valence-corrected chi connectivity index (χ4v) is 4.90. The van der Waals surface area contributed by atoms with Crippen LogP contribution in [0.25, 0.3) is 17.2 Å². The topological polar surface area (TPSA) is 99.9 Å². The molecule has 30 heavy (non-hydrogen) atoms. The van der Waals surface area contributed by atoms with E-state index in [2.05, 4.69) is 15.8 Å². The summed E-state index contributed by atoms with van der Waals surface area (Å²) in [7, 11) is -3.44. The molecule has 2 aromatic rings. The van der Waals surface area contributed by atoms with Gasteiger partial charge >= 0.3 is 0 Å². The Labute approximate surface area is 176 Å². The molecule has 0 atom stereocenters. The normalized spacial score (nSPS) is 14.9. The summed E-state index contributed by atoms with van der Waals surface area (Å²) in [5, 5.41) is 9.74. The van der Waals surface area contributed by atoms with E-state index in [0.29, 0.717) is 36.1 Å². The second-order valence-corrected chi connectivity index (χ2v) is 9.68. The van der Waals surface area contributed by atoms with Crippen molar-refractivity contribution in [2.24, 2.45) is 5.92 Å². The first-order valence-electron chi connectivity index (χ1n) is 10.2. The van der Waals surface area contributed by atoms with Gasteiger partial charge in [0.25, 0.3) is 0 Å². The number of anilines is 1. The summed E-state index contributed by atoms with van der Waals surface area (Å²) in [6, 6.07) is 9.07. The molecular formula is C23H23N3O3S. The van der Waals surface area contributed by atoms with Gasteiger partial charge in [0.1, 0.15) is 5.78 Å². The Bertz CT molecular complexity index is 1190. The minimum Gasteiger partial charge on any atom is -0.299 e. The number of sulfonamides is 1. The molecule has 0 unspecified atom stereocenters. The van der Waals surface area contributed by atoms with Crippen LogP contribution in [0.1, 0.15) is 48.7 Å². The number of Topliss-reactive ketones (excluding diaryl/α,β-unsaturated/α-hetero) is 1. The summed E-state index contributed by atoms with van der Waals surface area (Å²) < 4.78 is 26.7.